The summed E-state index contributed by atoms with van der Waals surface area (Å²) in [6.45, 7) is 15.3. The molecule has 1 aliphatic rings. The minimum absolute atomic E-state index is 0.00493. The van der Waals surface area contributed by atoms with Crippen LogP contribution in [0.5, 0.6) is 0 Å². The summed E-state index contributed by atoms with van der Waals surface area (Å²) in [5.74, 6) is -1.05. The molecule has 4 atom stereocenters. The first-order valence-corrected chi connectivity index (χ1v) is 13.5. The van der Waals surface area contributed by atoms with Crippen molar-refractivity contribution >= 4 is 17.8 Å². The summed E-state index contributed by atoms with van der Waals surface area (Å²) in [7, 11) is 0. The minimum Gasteiger partial charge on any atom is -0.455 e. The maximum atomic E-state index is 13.1. The van der Waals surface area contributed by atoms with Crippen molar-refractivity contribution in [3.05, 3.63) is 66.0 Å². The summed E-state index contributed by atoms with van der Waals surface area (Å²) in [6, 6.07) is 11.8. The Bertz CT molecular complexity index is 1180. The van der Waals surface area contributed by atoms with Crippen molar-refractivity contribution in [1.29, 1.82) is 0 Å². The van der Waals surface area contributed by atoms with E-state index in [2.05, 4.69) is 22.6 Å². The third kappa shape index (κ3) is 8.13. The van der Waals surface area contributed by atoms with Gasteiger partial charge in [0, 0.05) is 17.8 Å². The molecule has 3 rings (SSSR count). The molecule has 9 nitrogen and oxygen atoms in total. The van der Waals surface area contributed by atoms with E-state index in [0.717, 1.165) is 11.3 Å². The van der Waals surface area contributed by atoms with E-state index in [4.69, 9.17) is 9.72 Å². The minimum atomic E-state index is -0.777. The fraction of sp³-hybridized carbons (Fsp3) is 0.467. The number of ether oxygens (including phenoxy) is 1. The summed E-state index contributed by atoms with van der Waals surface area (Å²) < 4.78 is 5.75. The summed E-state index contributed by atoms with van der Waals surface area (Å²) in [5.41, 5.74) is 7.27. The average molecular weight is 536 g/mol. The fourth-order valence-electron chi connectivity index (χ4n) is 4.39. The van der Waals surface area contributed by atoms with E-state index < -0.39 is 30.2 Å². The molecule has 39 heavy (non-hydrogen) atoms. The molecule has 1 aliphatic heterocycles. The number of benzene rings is 1. The number of pyridine rings is 1. The Kier molecular flexibility index (Phi) is 10.2. The van der Waals surface area contributed by atoms with Gasteiger partial charge in [-0.25, -0.2) is 10.4 Å². The average Bonchev–Trinajstić information content (AvgIpc) is 2.91. The van der Waals surface area contributed by atoms with Crippen LogP contribution in [0.4, 0.5) is 0 Å². The van der Waals surface area contributed by atoms with Crippen LogP contribution in [0.3, 0.4) is 0 Å². The molecule has 0 bridgehead atoms. The third-order valence-corrected chi connectivity index (χ3v) is 6.64. The molecule has 0 radical (unpaired) electrons. The Balaban J connectivity index is 1.59. The van der Waals surface area contributed by atoms with Crippen LogP contribution in [0.1, 0.15) is 64.8 Å². The third-order valence-electron chi connectivity index (χ3n) is 6.64. The van der Waals surface area contributed by atoms with Gasteiger partial charge in [-0.05, 0) is 58.6 Å². The number of carbonyl (C=O) groups is 3. The normalized spacial score (nSPS) is 17.6. The highest BCUT2D eigenvalue weighted by Gasteiger charge is 2.33. The smallest absolute Gasteiger partial charge is 0.325 e. The Morgan fingerprint density at radius 3 is 2.41 bits per heavy atom. The summed E-state index contributed by atoms with van der Waals surface area (Å²) >= 11 is 0. The number of rotatable bonds is 10. The van der Waals surface area contributed by atoms with Crippen molar-refractivity contribution in [2.45, 2.75) is 78.6 Å². The van der Waals surface area contributed by atoms with Crippen molar-refractivity contribution in [2.24, 2.45) is 5.92 Å². The zero-order chi connectivity index (χ0) is 28.7. The van der Waals surface area contributed by atoms with E-state index in [-0.39, 0.29) is 17.7 Å². The molecule has 210 valence electrons. The van der Waals surface area contributed by atoms with Gasteiger partial charge in [0.25, 0.3) is 5.91 Å². The van der Waals surface area contributed by atoms with E-state index in [0.29, 0.717) is 30.8 Å². The number of hydrogen-bond acceptors (Lipinski definition) is 7. The van der Waals surface area contributed by atoms with Crippen LogP contribution in [-0.2, 0) is 19.1 Å². The van der Waals surface area contributed by atoms with Gasteiger partial charge in [0.05, 0.1) is 11.4 Å². The molecule has 2 aromatic rings. The second-order valence-electron chi connectivity index (χ2n) is 10.6. The second-order valence-corrected chi connectivity index (χ2v) is 10.6. The number of esters is 1. The second kappa shape index (κ2) is 13.4. The summed E-state index contributed by atoms with van der Waals surface area (Å²) in [4.78, 5) is 43.6. The standard InChI is InChI=1S/C30H41N5O4/c1-18(2)27(31-19(3)4)28(36)32-21(6)29(37)35-17-9-12-26(34-35)30(38)39-22(7)24-10-8-11-25(33-24)23-15-13-20(5)14-16-23/h8,10-11,13-16,18,21-22,26-27,31,34H,3,9,12,17H2,1-2,4-7H3,(H,32,36)/t21?,22-,26?,27+/m1/s1. The molecule has 3 N–H and O–H groups in total. The van der Waals surface area contributed by atoms with Crippen LogP contribution in [0.2, 0.25) is 0 Å². The number of hydrogen-bond donors (Lipinski definition) is 3. The Labute approximate surface area is 231 Å². The van der Waals surface area contributed by atoms with Gasteiger partial charge in [-0.3, -0.25) is 19.4 Å². The van der Waals surface area contributed by atoms with Crippen LogP contribution in [0.25, 0.3) is 11.3 Å². The fourth-order valence-corrected chi connectivity index (χ4v) is 4.39. The van der Waals surface area contributed by atoms with E-state index in [1.807, 2.05) is 63.2 Å². The lowest BCUT2D eigenvalue weighted by Gasteiger charge is -2.35. The topological polar surface area (TPSA) is 113 Å². The molecule has 0 aliphatic carbocycles. The van der Waals surface area contributed by atoms with Crippen molar-refractivity contribution in [3.63, 3.8) is 0 Å². The number of carbonyl (C=O) groups excluding carboxylic acids is 3. The quantitative estimate of drug-likeness (QED) is 0.397. The zero-order valence-electron chi connectivity index (χ0n) is 23.8. The van der Waals surface area contributed by atoms with Crippen molar-refractivity contribution < 1.29 is 19.1 Å². The highest BCUT2D eigenvalue weighted by Crippen LogP contribution is 2.23. The van der Waals surface area contributed by atoms with Crippen molar-refractivity contribution in [3.8, 4) is 11.3 Å². The molecule has 1 aromatic carbocycles. The lowest BCUT2D eigenvalue weighted by atomic mass is 10.0. The first-order valence-electron chi connectivity index (χ1n) is 13.5. The van der Waals surface area contributed by atoms with Crippen LogP contribution in [0, 0.1) is 12.8 Å². The molecule has 2 heterocycles. The number of amides is 2. The predicted molar refractivity (Wildman–Crippen MR) is 151 cm³/mol. The Morgan fingerprint density at radius 2 is 1.77 bits per heavy atom. The van der Waals surface area contributed by atoms with Crippen LogP contribution in [0.15, 0.2) is 54.7 Å². The van der Waals surface area contributed by atoms with Crippen LogP contribution in [-0.4, -0.2) is 52.4 Å². The maximum Gasteiger partial charge on any atom is 0.325 e. The van der Waals surface area contributed by atoms with Gasteiger partial charge >= 0.3 is 5.97 Å². The number of allylic oxidation sites excluding steroid dienone is 1. The first-order chi connectivity index (χ1) is 18.5. The van der Waals surface area contributed by atoms with E-state index in [1.165, 1.54) is 10.6 Å². The molecule has 0 saturated carbocycles. The molecule has 0 spiro atoms. The van der Waals surface area contributed by atoms with E-state index in [9.17, 15) is 14.4 Å². The lowest BCUT2D eigenvalue weighted by molar-refractivity contribution is -0.157. The molecular weight excluding hydrogens is 494 g/mol. The van der Waals surface area contributed by atoms with Gasteiger partial charge < -0.3 is 15.4 Å². The SMILES string of the molecule is C=C(C)N[C@H](C(=O)NC(C)C(=O)N1CCCC(C(=O)O[C@H](C)c2cccc(-c3ccc(C)cc3)n2)N1)C(C)C. The maximum absolute atomic E-state index is 13.1. The summed E-state index contributed by atoms with van der Waals surface area (Å²) in [6.07, 6.45) is 0.591. The van der Waals surface area contributed by atoms with Crippen molar-refractivity contribution in [2.75, 3.05) is 6.54 Å². The molecule has 2 amide bonds. The number of aromatic nitrogens is 1. The largest absolute Gasteiger partial charge is 0.455 e. The molecular formula is C30H41N5O4. The Morgan fingerprint density at radius 1 is 1.08 bits per heavy atom. The lowest BCUT2D eigenvalue weighted by Crippen LogP contribution is -2.60. The van der Waals surface area contributed by atoms with Gasteiger partial charge in [0.2, 0.25) is 5.91 Å². The highest BCUT2D eigenvalue weighted by atomic mass is 16.5. The van der Waals surface area contributed by atoms with Gasteiger partial charge in [0.1, 0.15) is 24.2 Å². The Hall–Kier alpha value is -3.72. The van der Waals surface area contributed by atoms with Gasteiger partial charge in [-0.1, -0.05) is 56.3 Å². The molecule has 1 fully saturated rings. The highest BCUT2D eigenvalue weighted by molar-refractivity contribution is 5.90. The van der Waals surface area contributed by atoms with Gasteiger partial charge in [0.15, 0.2) is 0 Å². The van der Waals surface area contributed by atoms with Crippen LogP contribution >= 0.6 is 0 Å². The number of aryl methyl sites for hydroxylation is 1. The summed E-state index contributed by atoms with van der Waals surface area (Å²) in [5, 5.41) is 7.24. The van der Waals surface area contributed by atoms with Crippen LogP contribution < -0.4 is 16.1 Å². The van der Waals surface area contributed by atoms with Crippen molar-refractivity contribution in [1.82, 2.24) is 26.1 Å². The van der Waals surface area contributed by atoms with Gasteiger partial charge in [-0.15, -0.1) is 0 Å². The monoisotopic (exact) mass is 535 g/mol. The molecule has 1 saturated heterocycles. The predicted octanol–water partition coefficient (Wildman–Crippen LogP) is 3.81. The first kappa shape index (κ1) is 29.8. The van der Waals surface area contributed by atoms with E-state index >= 15 is 0 Å². The molecule has 2 unspecified atom stereocenters. The number of nitrogens with zero attached hydrogens (tertiary/aromatic N) is 2. The number of nitrogens with one attached hydrogen (secondary N) is 3. The number of hydrazine groups is 1. The molecule has 1 aromatic heterocycles. The van der Waals surface area contributed by atoms with Gasteiger partial charge in [-0.2, -0.15) is 0 Å². The zero-order valence-corrected chi connectivity index (χ0v) is 23.8. The molecule has 9 heteroatoms. The van der Waals surface area contributed by atoms with E-state index in [1.54, 1.807) is 20.8 Å².